The number of hydrogen-bond acceptors (Lipinski definition) is 8. The largest absolute Gasteiger partial charge is 0.364 e. The van der Waals surface area contributed by atoms with Crippen LogP contribution in [0.4, 0.5) is 11.8 Å². The second-order valence-corrected chi connectivity index (χ2v) is 4.54. The van der Waals surface area contributed by atoms with Gasteiger partial charge < -0.3 is 10.3 Å². The van der Waals surface area contributed by atoms with Gasteiger partial charge in [0.05, 0.1) is 18.1 Å². The molecule has 0 fully saturated rings. The van der Waals surface area contributed by atoms with Gasteiger partial charge >= 0.3 is 4.87 Å². The molecule has 0 aromatic carbocycles. The minimum Gasteiger partial charge on any atom is -0.364 e. The number of fused-ring (bicyclic) bond motifs is 1. The van der Waals surface area contributed by atoms with Crippen LogP contribution >= 0.6 is 11.3 Å². The summed E-state index contributed by atoms with van der Waals surface area (Å²) in [4.78, 5) is 22.0. The van der Waals surface area contributed by atoms with Crippen molar-refractivity contribution in [2.45, 2.75) is 6.54 Å². The molecule has 3 rings (SSSR count). The number of H-pyrrole nitrogens is 2. The first kappa shape index (κ1) is 11.6. The van der Waals surface area contributed by atoms with E-state index in [9.17, 15) is 4.79 Å². The molecule has 0 saturated heterocycles. The molecule has 19 heavy (non-hydrogen) atoms. The topological polar surface area (TPSA) is 137 Å². The Bertz CT molecular complexity index is 759. The van der Waals surface area contributed by atoms with Crippen LogP contribution in [0.15, 0.2) is 16.4 Å². The fourth-order valence-electron chi connectivity index (χ4n) is 1.61. The molecule has 0 saturated carbocycles. The van der Waals surface area contributed by atoms with Crippen LogP contribution in [0.25, 0.3) is 11.0 Å². The van der Waals surface area contributed by atoms with Gasteiger partial charge in [-0.1, -0.05) is 11.3 Å². The summed E-state index contributed by atoms with van der Waals surface area (Å²) in [6.07, 6.45) is 1.62. The fraction of sp³-hybridized carbons (Fsp3) is 0.111. The maximum atomic E-state index is 11.0. The van der Waals surface area contributed by atoms with Crippen LogP contribution in [-0.2, 0) is 6.54 Å². The quantitative estimate of drug-likeness (QED) is 0.334. The Hall–Kier alpha value is -2.46. The van der Waals surface area contributed by atoms with Crippen molar-refractivity contribution in [3.63, 3.8) is 0 Å². The minimum atomic E-state index is -0.0859. The number of anilines is 2. The number of thiazole rings is 1. The Kier molecular flexibility index (Phi) is 2.85. The molecule has 3 aromatic heterocycles. The predicted molar refractivity (Wildman–Crippen MR) is 71.8 cm³/mol. The number of nitrogen functional groups attached to an aromatic ring is 1. The third kappa shape index (κ3) is 2.26. The molecule has 0 aliphatic rings. The Morgan fingerprint density at radius 2 is 2.32 bits per heavy atom. The Morgan fingerprint density at radius 3 is 3.05 bits per heavy atom. The van der Waals surface area contributed by atoms with E-state index in [0.717, 1.165) is 22.4 Å². The molecule has 10 heteroatoms. The van der Waals surface area contributed by atoms with Gasteiger partial charge in [0.2, 0.25) is 5.95 Å². The van der Waals surface area contributed by atoms with Gasteiger partial charge in [0, 0.05) is 11.1 Å². The van der Waals surface area contributed by atoms with E-state index in [4.69, 9.17) is 5.84 Å². The Balaban J connectivity index is 1.90. The van der Waals surface area contributed by atoms with Crippen molar-refractivity contribution in [2.75, 3.05) is 10.7 Å². The zero-order valence-electron chi connectivity index (χ0n) is 9.60. The zero-order chi connectivity index (χ0) is 13.2. The summed E-state index contributed by atoms with van der Waals surface area (Å²) in [6, 6.07) is 0. The molecule has 0 spiro atoms. The Labute approximate surface area is 110 Å². The highest BCUT2D eigenvalue weighted by Crippen LogP contribution is 2.19. The van der Waals surface area contributed by atoms with Crippen molar-refractivity contribution in [3.05, 3.63) is 26.9 Å². The van der Waals surface area contributed by atoms with E-state index in [0.29, 0.717) is 18.0 Å². The van der Waals surface area contributed by atoms with Crippen molar-refractivity contribution >= 4 is 34.1 Å². The first-order valence-corrected chi connectivity index (χ1v) is 6.22. The molecule has 6 N–H and O–H groups in total. The van der Waals surface area contributed by atoms with Crippen molar-refractivity contribution in [3.8, 4) is 0 Å². The van der Waals surface area contributed by atoms with Gasteiger partial charge in [-0.25, -0.2) is 5.84 Å². The molecule has 0 bridgehead atoms. The molecular weight excluding hydrogens is 268 g/mol. The number of nitrogens with zero attached hydrogens (tertiary/aromatic N) is 3. The normalized spacial score (nSPS) is 10.8. The lowest BCUT2D eigenvalue weighted by molar-refractivity contribution is 1.03. The Morgan fingerprint density at radius 1 is 1.42 bits per heavy atom. The van der Waals surface area contributed by atoms with E-state index in [2.05, 4.69) is 35.9 Å². The first-order valence-electron chi connectivity index (χ1n) is 5.34. The summed E-state index contributed by atoms with van der Waals surface area (Å²) in [7, 11) is 0. The standard InChI is InChI=1S/C9H10N8OS/c10-16-8-14-6(5-2-12-17-7(5)15-8)11-1-4-3-19-9(18)13-4/h2-3H,1,10H2,(H,13,18)(H3,11,12,14,15,16,17). The smallest absolute Gasteiger partial charge is 0.304 e. The fourth-order valence-corrected chi connectivity index (χ4v) is 2.20. The third-order valence-corrected chi connectivity index (χ3v) is 3.17. The molecule has 0 aliphatic carbocycles. The SMILES string of the molecule is NNc1nc(NCc2csc(=O)[nH]2)c2cn[nH]c2n1. The third-order valence-electron chi connectivity index (χ3n) is 2.46. The highest BCUT2D eigenvalue weighted by Gasteiger charge is 2.09. The highest BCUT2D eigenvalue weighted by atomic mass is 32.1. The van der Waals surface area contributed by atoms with E-state index >= 15 is 0 Å². The molecule has 0 unspecified atom stereocenters. The molecule has 9 nitrogen and oxygen atoms in total. The lowest BCUT2D eigenvalue weighted by atomic mass is 10.4. The van der Waals surface area contributed by atoms with Crippen LogP contribution in [0, 0.1) is 0 Å². The number of nitrogens with one attached hydrogen (secondary N) is 4. The minimum absolute atomic E-state index is 0.0859. The summed E-state index contributed by atoms with van der Waals surface area (Å²) in [5, 5.41) is 12.3. The van der Waals surface area contributed by atoms with Gasteiger partial charge in [-0.05, 0) is 0 Å². The summed E-state index contributed by atoms with van der Waals surface area (Å²) in [6.45, 7) is 0.444. The van der Waals surface area contributed by atoms with Crippen LogP contribution in [-0.4, -0.2) is 25.1 Å². The predicted octanol–water partition coefficient (Wildman–Crippen LogP) is 0.000400. The molecule has 0 radical (unpaired) electrons. The number of aromatic amines is 2. The number of aromatic nitrogens is 5. The van der Waals surface area contributed by atoms with Crippen molar-refractivity contribution in [2.24, 2.45) is 5.84 Å². The van der Waals surface area contributed by atoms with Crippen LogP contribution < -0.4 is 21.5 Å². The van der Waals surface area contributed by atoms with Crippen molar-refractivity contribution in [1.29, 1.82) is 0 Å². The van der Waals surface area contributed by atoms with Gasteiger partial charge in [-0.3, -0.25) is 15.3 Å². The van der Waals surface area contributed by atoms with E-state index in [-0.39, 0.29) is 10.8 Å². The average Bonchev–Trinajstić information content (AvgIpc) is 3.04. The number of nitrogens with two attached hydrogens (primary N) is 1. The molecule has 0 amide bonds. The van der Waals surface area contributed by atoms with Crippen LogP contribution in [0.2, 0.25) is 0 Å². The van der Waals surface area contributed by atoms with Gasteiger partial charge in [-0.2, -0.15) is 15.1 Å². The summed E-state index contributed by atoms with van der Waals surface area (Å²) >= 11 is 1.12. The molecule has 0 atom stereocenters. The van der Waals surface area contributed by atoms with Crippen molar-refractivity contribution in [1.82, 2.24) is 25.1 Å². The van der Waals surface area contributed by atoms with Gasteiger partial charge in [0.1, 0.15) is 5.82 Å². The average molecular weight is 278 g/mol. The molecule has 3 aromatic rings. The van der Waals surface area contributed by atoms with E-state index < -0.39 is 0 Å². The van der Waals surface area contributed by atoms with Gasteiger partial charge in [0.25, 0.3) is 0 Å². The van der Waals surface area contributed by atoms with Crippen molar-refractivity contribution < 1.29 is 0 Å². The van der Waals surface area contributed by atoms with Gasteiger partial charge in [-0.15, -0.1) is 0 Å². The maximum absolute atomic E-state index is 11.0. The highest BCUT2D eigenvalue weighted by molar-refractivity contribution is 7.07. The van der Waals surface area contributed by atoms with E-state index in [1.807, 2.05) is 0 Å². The van der Waals surface area contributed by atoms with Crippen LogP contribution in [0.5, 0.6) is 0 Å². The van der Waals surface area contributed by atoms with E-state index in [1.165, 1.54) is 0 Å². The monoisotopic (exact) mass is 278 g/mol. The van der Waals surface area contributed by atoms with Gasteiger partial charge in [0.15, 0.2) is 5.65 Å². The molecule has 0 aliphatic heterocycles. The summed E-state index contributed by atoms with van der Waals surface area (Å²) in [5.41, 5.74) is 3.74. The molecule has 3 heterocycles. The maximum Gasteiger partial charge on any atom is 0.304 e. The molecular formula is C9H10N8OS. The lowest BCUT2D eigenvalue weighted by Gasteiger charge is -2.06. The van der Waals surface area contributed by atoms with E-state index in [1.54, 1.807) is 11.6 Å². The van der Waals surface area contributed by atoms with Crippen LogP contribution in [0.3, 0.4) is 0 Å². The summed E-state index contributed by atoms with van der Waals surface area (Å²) < 4.78 is 0. The second-order valence-electron chi connectivity index (χ2n) is 3.70. The number of rotatable bonds is 4. The lowest BCUT2D eigenvalue weighted by Crippen LogP contribution is -2.12. The first-order chi connectivity index (χ1) is 9.26. The van der Waals surface area contributed by atoms with Crippen LogP contribution in [0.1, 0.15) is 5.69 Å². The molecule has 98 valence electrons. The zero-order valence-corrected chi connectivity index (χ0v) is 10.4. The number of hydrogen-bond donors (Lipinski definition) is 5. The number of hydrazine groups is 1. The second kappa shape index (κ2) is 4.66. The summed E-state index contributed by atoms with van der Waals surface area (Å²) in [5.74, 6) is 6.16.